The summed E-state index contributed by atoms with van der Waals surface area (Å²) < 4.78 is 0.916. The maximum atomic E-state index is 3.86. The lowest BCUT2D eigenvalue weighted by molar-refractivity contribution is -0.915. The molecule has 1 aromatic rings. The van der Waals surface area contributed by atoms with Gasteiger partial charge in [0.1, 0.15) is 6.04 Å². The Morgan fingerprint density at radius 3 is 2.25 bits per heavy atom. The van der Waals surface area contributed by atoms with Crippen LogP contribution in [0.3, 0.4) is 0 Å². The zero-order valence-corrected chi connectivity index (χ0v) is 10.4. The van der Waals surface area contributed by atoms with Crippen LogP contribution in [0.5, 0.6) is 0 Å². The van der Waals surface area contributed by atoms with E-state index >= 15 is 0 Å². The van der Waals surface area contributed by atoms with E-state index in [-0.39, 0.29) is 0 Å². The second-order valence-corrected chi connectivity index (χ2v) is 4.70. The van der Waals surface area contributed by atoms with Crippen LogP contribution in [0, 0.1) is 0 Å². The molecule has 0 spiro atoms. The minimum Gasteiger partial charge on any atom is -0.319 e. The van der Waals surface area contributed by atoms with Gasteiger partial charge in [0.05, 0.1) is 20.6 Å². The summed E-state index contributed by atoms with van der Waals surface area (Å²) in [7, 11) is 4.48. The van der Waals surface area contributed by atoms with Crippen LogP contribution in [-0.4, -0.2) is 25.1 Å². The van der Waals surface area contributed by atoms with Gasteiger partial charge in [0, 0.05) is 12.0 Å². The first-order chi connectivity index (χ1) is 7.61. The molecule has 1 aromatic carbocycles. The van der Waals surface area contributed by atoms with Gasteiger partial charge in [-0.2, -0.15) is 0 Å². The van der Waals surface area contributed by atoms with Gasteiger partial charge >= 0.3 is 0 Å². The van der Waals surface area contributed by atoms with Crippen molar-refractivity contribution in [2.24, 2.45) is 0 Å². The molecule has 0 bridgehead atoms. The van der Waals surface area contributed by atoms with Crippen LogP contribution in [0.4, 0.5) is 0 Å². The lowest BCUT2D eigenvalue weighted by Gasteiger charge is -2.37. The SMILES string of the molecule is C=CCC(c1ccccc1)[N+](C)(C)CC=C. The van der Waals surface area contributed by atoms with Gasteiger partial charge in [-0.25, -0.2) is 0 Å². The highest BCUT2D eigenvalue weighted by atomic mass is 15.3. The fourth-order valence-corrected chi connectivity index (χ4v) is 2.12. The number of likely N-dealkylation sites (N-methyl/N-ethyl adjacent to an activating group) is 1. The first kappa shape index (κ1) is 12.7. The van der Waals surface area contributed by atoms with Crippen LogP contribution in [0.15, 0.2) is 55.6 Å². The highest BCUT2D eigenvalue weighted by molar-refractivity contribution is 5.18. The minimum absolute atomic E-state index is 0.455. The topological polar surface area (TPSA) is 0 Å². The molecule has 0 aromatic heterocycles. The third-order valence-electron chi connectivity index (χ3n) is 3.02. The monoisotopic (exact) mass is 216 g/mol. The Hall–Kier alpha value is -1.34. The molecule has 0 saturated carbocycles. The van der Waals surface area contributed by atoms with E-state index in [0.29, 0.717) is 6.04 Å². The molecule has 0 amide bonds. The molecule has 0 heterocycles. The Kier molecular flexibility index (Phi) is 4.51. The summed E-state index contributed by atoms with van der Waals surface area (Å²) in [6.07, 6.45) is 4.98. The van der Waals surface area contributed by atoms with Crippen LogP contribution >= 0.6 is 0 Å². The van der Waals surface area contributed by atoms with Crippen LogP contribution in [-0.2, 0) is 0 Å². The Labute approximate surface area is 99.3 Å². The molecule has 1 unspecified atom stereocenters. The van der Waals surface area contributed by atoms with Crippen molar-refractivity contribution in [3.8, 4) is 0 Å². The van der Waals surface area contributed by atoms with Crippen LogP contribution in [0.2, 0.25) is 0 Å². The number of quaternary nitrogens is 1. The number of nitrogens with zero attached hydrogens (tertiary/aromatic N) is 1. The smallest absolute Gasteiger partial charge is 0.118 e. The van der Waals surface area contributed by atoms with Gasteiger partial charge in [0.25, 0.3) is 0 Å². The molecular formula is C15H22N+. The standard InChI is InChI=1S/C15H22N/c1-5-10-15(16(3,4)13-6-2)14-11-8-7-9-12-14/h5-9,11-12,15H,1-2,10,13H2,3-4H3/q+1. The van der Waals surface area contributed by atoms with E-state index < -0.39 is 0 Å². The molecular weight excluding hydrogens is 194 g/mol. The average molecular weight is 216 g/mol. The van der Waals surface area contributed by atoms with Gasteiger partial charge in [0.15, 0.2) is 0 Å². The van der Waals surface area contributed by atoms with Gasteiger partial charge < -0.3 is 4.48 Å². The van der Waals surface area contributed by atoms with Crippen molar-refractivity contribution in [3.05, 3.63) is 61.2 Å². The van der Waals surface area contributed by atoms with Crippen molar-refractivity contribution in [2.75, 3.05) is 20.6 Å². The second kappa shape index (κ2) is 5.66. The second-order valence-electron chi connectivity index (χ2n) is 4.70. The third kappa shape index (κ3) is 3.07. The fourth-order valence-electron chi connectivity index (χ4n) is 2.12. The predicted molar refractivity (Wildman–Crippen MR) is 71.2 cm³/mol. The highest BCUT2D eigenvalue weighted by Crippen LogP contribution is 2.28. The van der Waals surface area contributed by atoms with Gasteiger partial charge in [0.2, 0.25) is 0 Å². The summed E-state index contributed by atoms with van der Waals surface area (Å²) >= 11 is 0. The molecule has 0 N–H and O–H groups in total. The van der Waals surface area contributed by atoms with Crippen molar-refractivity contribution < 1.29 is 4.48 Å². The summed E-state index contributed by atoms with van der Waals surface area (Å²) in [4.78, 5) is 0. The summed E-state index contributed by atoms with van der Waals surface area (Å²) in [5.41, 5.74) is 1.37. The quantitative estimate of drug-likeness (QED) is 0.504. The van der Waals surface area contributed by atoms with Crippen molar-refractivity contribution in [1.29, 1.82) is 0 Å². The Bertz CT molecular complexity index is 338. The molecule has 0 aliphatic carbocycles. The molecule has 0 radical (unpaired) electrons. The molecule has 0 aliphatic rings. The Morgan fingerprint density at radius 1 is 1.12 bits per heavy atom. The minimum atomic E-state index is 0.455. The molecule has 0 aliphatic heterocycles. The largest absolute Gasteiger partial charge is 0.319 e. The lowest BCUT2D eigenvalue weighted by Crippen LogP contribution is -2.43. The van der Waals surface area contributed by atoms with E-state index in [1.807, 2.05) is 12.2 Å². The zero-order valence-electron chi connectivity index (χ0n) is 10.4. The predicted octanol–water partition coefficient (Wildman–Crippen LogP) is 3.57. The number of rotatable bonds is 6. The Morgan fingerprint density at radius 2 is 1.75 bits per heavy atom. The van der Waals surface area contributed by atoms with Crippen LogP contribution < -0.4 is 0 Å². The van der Waals surface area contributed by atoms with E-state index in [9.17, 15) is 0 Å². The van der Waals surface area contributed by atoms with Crippen molar-refractivity contribution in [2.45, 2.75) is 12.5 Å². The number of hydrogen-bond acceptors (Lipinski definition) is 0. The third-order valence-corrected chi connectivity index (χ3v) is 3.02. The van der Waals surface area contributed by atoms with Crippen LogP contribution in [0.25, 0.3) is 0 Å². The highest BCUT2D eigenvalue weighted by Gasteiger charge is 2.27. The maximum Gasteiger partial charge on any atom is 0.118 e. The number of hydrogen-bond donors (Lipinski definition) is 0. The molecule has 0 fully saturated rings. The van der Waals surface area contributed by atoms with Crippen molar-refractivity contribution >= 4 is 0 Å². The molecule has 1 atom stereocenters. The first-order valence-electron chi connectivity index (χ1n) is 5.71. The summed E-state index contributed by atoms with van der Waals surface area (Å²) in [6.45, 7) is 8.67. The van der Waals surface area contributed by atoms with E-state index in [0.717, 1.165) is 17.4 Å². The summed E-state index contributed by atoms with van der Waals surface area (Å²) in [6, 6.07) is 11.1. The van der Waals surface area contributed by atoms with E-state index in [1.165, 1.54) is 5.56 Å². The molecule has 1 rings (SSSR count). The molecule has 0 saturated heterocycles. The van der Waals surface area contributed by atoms with E-state index in [2.05, 4.69) is 57.6 Å². The molecule has 1 heteroatoms. The van der Waals surface area contributed by atoms with Crippen LogP contribution in [0.1, 0.15) is 18.0 Å². The summed E-state index contributed by atoms with van der Waals surface area (Å²) in [5.74, 6) is 0. The Balaban J connectivity index is 2.99. The van der Waals surface area contributed by atoms with Gasteiger partial charge in [-0.05, 0) is 6.08 Å². The molecule has 1 nitrogen and oxygen atoms in total. The molecule has 16 heavy (non-hydrogen) atoms. The maximum absolute atomic E-state index is 3.86. The lowest BCUT2D eigenvalue weighted by atomic mass is 10.0. The first-order valence-corrected chi connectivity index (χ1v) is 5.71. The summed E-state index contributed by atoms with van der Waals surface area (Å²) in [5, 5.41) is 0. The fraction of sp³-hybridized carbons (Fsp3) is 0.333. The van der Waals surface area contributed by atoms with Gasteiger partial charge in [-0.1, -0.05) is 43.0 Å². The normalized spacial score (nSPS) is 13.1. The van der Waals surface area contributed by atoms with E-state index in [1.54, 1.807) is 0 Å². The molecule has 86 valence electrons. The van der Waals surface area contributed by atoms with Gasteiger partial charge in [-0.15, -0.1) is 6.58 Å². The van der Waals surface area contributed by atoms with Crippen molar-refractivity contribution in [3.63, 3.8) is 0 Å². The van der Waals surface area contributed by atoms with Gasteiger partial charge in [-0.3, -0.25) is 0 Å². The number of benzene rings is 1. The average Bonchev–Trinajstić information content (AvgIpc) is 2.27. The zero-order chi connectivity index (χ0) is 12.0. The van der Waals surface area contributed by atoms with Crippen molar-refractivity contribution in [1.82, 2.24) is 0 Å². The van der Waals surface area contributed by atoms with E-state index in [4.69, 9.17) is 0 Å².